The van der Waals surface area contributed by atoms with E-state index in [1.165, 1.54) is 0 Å². The number of carbonyl (C=O) groups excluding carboxylic acids is 1. The van der Waals surface area contributed by atoms with Crippen molar-refractivity contribution in [1.82, 2.24) is 0 Å². The third kappa shape index (κ3) is 3.01. The molecule has 0 aliphatic carbocycles. The molecule has 1 N–H and O–H groups in total. The summed E-state index contributed by atoms with van der Waals surface area (Å²) in [5, 5.41) is 4.79. The van der Waals surface area contributed by atoms with Gasteiger partial charge in [0.25, 0.3) is 0 Å². The molecule has 0 aliphatic rings. The molecule has 0 fully saturated rings. The second-order valence-corrected chi connectivity index (χ2v) is 4.72. The number of amides is 1. The summed E-state index contributed by atoms with van der Waals surface area (Å²) < 4.78 is 10.5. The summed E-state index contributed by atoms with van der Waals surface area (Å²) >= 11 is 0. The van der Waals surface area contributed by atoms with Crippen molar-refractivity contribution in [2.45, 2.75) is 0 Å². The Morgan fingerprint density at radius 1 is 0.909 bits per heavy atom. The highest BCUT2D eigenvalue weighted by Crippen LogP contribution is 2.24. The highest BCUT2D eigenvalue weighted by atomic mass is 16.6. The van der Waals surface area contributed by atoms with Gasteiger partial charge in [-0.25, -0.2) is 4.79 Å². The number of anilines is 1. The zero-order chi connectivity index (χ0) is 15.4. The van der Waals surface area contributed by atoms with Crippen LogP contribution in [0.3, 0.4) is 0 Å². The van der Waals surface area contributed by atoms with Gasteiger partial charge in [0.2, 0.25) is 0 Å². The fourth-order valence-corrected chi connectivity index (χ4v) is 2.22. The summed E-state index contributed by atoms with van der Waals surface area (Å²) in [4.78, 5) is 12.0. The maximum Gasteiger partial charge on any atom is 0.417 e. The van der Waals surface area contributed by atoms with E-state index in [1.807, 2.05) is 48.5 Å². The molecule has 22 heavy (non-hydrogen) atoms. The van der Waals surface area contributed by atoms with Crippen LogP contribution in [0.5, 0.6) is 11.5 Å². The van der Waals surface area contributed by atoms with Gasteiger partial charge in [0.15, 0.2) is 0 Å². The van der Waals surface area contributed by atoms with E-state index in [-0.39, 0.29) is 0 Å². The van der Waals surface area contributed by atoms with Crippen LogP contribution in [0.25, 0.3) is 10.8 Å². The first-order valence-electron chi connectivity index (χ1n) is 6.87. The number of methoxy groups -OCH3 is 1. The van der Waals surface area contributed by atoms with Gasteiger partial charge in [0.1, 0.15) is 11.5 Å². The van der Waals surface area contributed by atoms with Gasteiger partial charge in [-0.2, -0.15) is 0 Å². The average Bonchev–Trinajstić information content (AvgIpc) is 2.55. The molecule has 0 saturated heterocycles. The molecule has 3 aromatic carbocycles. The number of fused-ring (bicyclic) bond motifs is 1. The molecule has 0 aromatic heterocycles. The molecular weight excluding hydrogens is 278 g/mol. The van der Waals surface area contributed by atoms with E-state index >= 15 is 0 Å². The van der Waals surface area contributed by atoms with Gasteiger partial charge in [-0.15, -0.1) is 0 Å². The third-order valence-electron chi connectivity index (χ3n) is 3.28. The quantitative estimate of drug-likeness (QED) is 0.775. The van der Waals surface area contributed by atoms with E-state index in [4.69, 9.17) is 9.47 Å². The fraction of sp³-hybridized carbons (Fsp3) is 0.0556. The minimum Gasteiger partial charge on any atom is -0.495 e. The second-order valence-electron chi connectivity index (χ2n) is 4.72. The van der Waals surface area contributed by atoms with Crippen LogP contribution in [-0.4, -0.2) is 13.2 Å². The van der Waals surface area contributed by atoms with Crippen molar-refractivity contribution < 1.29 is 14.3 Å². The van der Waals surface area contributed by atoms with Crippen molar-refractivity contribution in [2.75, 3.05) is 12.4 Å². The summed E-state index contributed by atoms with van der Waals surface area (Å²) in [6.45, 7) is 0. The first-order chi connectivity index (χ1) is 10.8. The Morgan fingerprint density at radius 3 is 2.45 bits per heavy atom. The Bertz CT molecular complexity index is 814. The van der Waals surface area contributed by atoms with Crippen molar-refractivity contribution in [3.05, 3.63) is 66.7 Å². The van der Waals surface area contributed by atoms with Crippen molar-refractivity contribution >= 4 is 22.6 Å². The smallest absolute Gasteiger partial charge is 0.417 e. The summed E-state index contributed by atoms with van der Waals surface area (Å²) in [5.74, 6) is 1.07. The predicted molar refractivity (Wildman–Crippen MR) is 86.6 cm³/mol. The highest BCUT2D eigenvalue weighted by molar-refractivity contribution is 5.89. The minimum atomic E-state index is -0.556. The van der Waals surface area contributed by atoms with Crippen LogP contribution in [0, 0.1) is 0 Å². The Morgan fingerprint density at radius 2 is 1.64 bits per heavy atom. The second kappa shape index (κ2) is 6.18. The lowest BCUT2D eigenvalue weighted by Crippen LogP contribution is -2.17. The number of ether oxygens (including phenoxy) is 2. The van der Waals surface area contributed by atoms with Crippen molar-refractivity contribution in [1.29, 1.82) is 0 Å². The SMILES string of the molecule is COc1ccccc1NC(=O)Oc1ccc2ccccc2c1. The summed E-state index contributed by atoms with van der Waals surface area (Å²) in [6, 6.07) is 20.6. The molecule has 0 saturated carbocycles. The molecule has 0 radical (unpaired) electrons. The van der Waals surface area contributed by atoms with E-state index in [0.717, 1.165) is 10.8 Å². The molecule has 0 spiro atoms. The summed E-state index contributed by atoms with van der Waals surface area (Å²) in [6.07, 6.45) is -0.556. The Balaban J connectivity index is 1.75. The molecule has 110 valence electrons. The molecule has 4 nitrogen and oxygen atoms in total. The highest BCUT2D eigenvalue weighted by Gasteiger charge is 2.09. The number of hydrogen-bond acceptors (Lipinski definition) is 3. The zero-order valence-corrected chi connectivity index (χ0v) is 12.1. The molecule has 3 rings (SSSR count). The number of carbonyl (C=O) groups is 1. The summed E-state index contributed by atoms with van der Waals surface area (Å²) in [7, 11) is 1.55. The molecule has 0 aliphatic heterocycles. The van der Waals surface area contributed by atoms with Gasteiger partial charge in [0, 0.05) is 0 Å². The number of hydrogen-bond donors (Lipinski definition) is 1. The number of nitrogens with one attached hydrogen (secondary N) is 1. The zero-order valence-electron chi connectivity index (χ0n) is 12.1. The van der Waals surface area contributed by atoms with Gasteiger partial charge in [-0.1, -0.05) is 42.5 Å². The maximum absolute atomic E-state index is 12.0. The van der Waals surface area contributed by atoms with Crippen molar-refractivity contribution in [3.63, 3.8) is 0 Å². The van der Waals surface area contributed by atoms with Gasteiger partial charge >= 0.3 is 6.09 Å². The fourth-order valence-electron chi connectivity index (χ4n) is 2.22. The monoisotopic (exact) mass is 293 g/mol. The lowest BCUT2D eigenvalue weighted by Gasteiger charge is -2.10. The lowest BCUT2D eigenvalue weighted by molar-refractivity contribution is 0.215. The first kappa shape index (κ1) is 13.9. The molecular formula is C18H15NO3. The Labute approximate surface area is 128 Å². The predicted octanol–water partition coefficient (Wildman–Crippen LogP) is 4.46. The summed E-state index contributed by atoms with van der Waals surface area (Å²) in [5.41, 5.74) is 0.566. The molecule has 4 heteroatoms. The van der Waals surface area contributed by atoms with E-state index in [2.05, 4.69) is 5.32 Å². The average molecular weight is 293 g/mol. The van der Waals surface area contributed by atoms with E-state index < -0.39 is 6.09 Å². The van der Waals surface area contributed by atoms with Gasteiger partial charge in [-0.05, 0) is 35.0 Å². The van der Waals surface area contributed by atoms with E-state index in [1.54, 1.807) is 25.3 Å². The van der Waals surface area contributed by atoms with Crippen LogP contribution in [-0.2, 0) is 0 Å². The lowest BCUT2D eigenvalue weighted by atomic mass is 10.1. The number of para-hydroxylation sites is 2. The standard InChI is InChI=1S/C18H15NO3/c1-21-17-9-5-4-8-16(17)19-18(20)22-15-11-10-13-6-2-3-7-14(13)12-15/h2-12H,1H3,(H,19,20). The number of rotatable bonds is 3. The van der Waals surface area contributed by atoms with Crippen LogP contribution in [0.4, 0.5) is 10.5 Å². The van der Waals surface area contributed by atoms with E-state index in [9.17, 15) is 4.79 Å². The Kier molecular flexibility index (Phi) is 3.92. The minimum absolute atomic E-state index is 0.492. The normalized spacial score (nSPS) is 10.2. The molecule has 0 unspecified atom stereocenters. The molecule has 0 atom stereocenters. The topological polar surface area (TPSA) is 47.6 Å². The first-order valence-corrected chi connectivity index (χ1v) is 6.87. The molecule has 0 heterocycles. The van der Waals surface area contributed by atoms with Crippen LogP contribution >= 0.6 is 0 Å². The molecule has 1 amide bonds. The van der Waals surface area contributed by atoms with Crippen LogP contribution in [0.1, 0.15) is 0 Å². The largest absolute Gasteiger partial charge is 0.495 e. The molecule has 3 aromatic rings. The van der Waals surface area contributed by atoms with E-state index in [0.29, 0.717) is 17.2 Å². The van der Waals surface area contributed by atoms with Crippen LogP contribution < -0.4 is 14.8 Å². The van der Waals surface area contributed by atoms with Crippen molar-refractivity contribution in [2.24, 2.45) is 0 Å². The number of benzene rings is 3. The van der Waals surface area contributed by atoms with Gasteiger partial charge in [0.05, 0.1) is 12.8 Å². The Hall–Kier alpha value is -3.01. The van der Waals surface area contributed by atoms with Crippen LogP contribution in [0.15, 0.2) is 66.7 Å². The van der Waals surface area contributed by atoms with Crippen molar-refractivity contribution in [3.8, 4) is 11.5 Å². The van der Waals surface area contributed by atoms with Crippen LogP contribution in [0.2, 0.25) is 0 Å². The third-order valence-corrected chi connectivity index (χ3v) is 3.28. The molecule has 0 bridgehead atoms. The maximum atomic E-state index is 12.0. The van der Waals surface area contributed by atoms with Gasteiger partial charge in [-0.3, -0.25) is 5.32 Å². The van der Waals surface area contributed by atoms with Gasteiger partial charge < -0.3 is 9.47 Å².